The smallest absolute Gasteiger partial charge is 0.322 e. The summed E-state index contributed by atoms with van der Waals surface area (Å²) in [5.41, 5.74) is 2.15. The number of rotatable bonds is 9. The fourth-order valence-corrected chi connectivity index (χ4v) is 4.22. The third-order valence-corrected chi connectivity index (χ3v) is 5.97. The fourth-order valence-electron chi connectivity index (χ4n) is 3.34. The molecular weight excluding hydrogens is 466 g/mol. The van der Waals surface area contributed by atoms with Crippen LogP contribution in [0.4, 0.5) is 11.1 Å². The van der Waals surface area contributed by atoms with Crippen molar-refractivity contribution in [3.8, 4) is 23.0 Å². The molecule has 9 nitrogen and oxygen atoms in total. The van der Waals surface area contributed by atoms with Crippen molar-refractivity contribution in [2.45, 2.75) is 0 Å². The lowest BCUT2D eigenvalue weighted by atomic mass is 10.2. The average Bonchev–Trinajstić information content (AvgIpc) is 3.54. The fraction of sp³-hybridized carbons (Fsp3) is 0.120. The van der Waals surface area contributed by atoms with Gasteiger partial charge in [-0.1, -0.05) is 40.7 Å². The number of carbonyl (C=O) groups is 1. The summed E-state index contributed by atoms with van der Waals surface area (Å²) >= 11 is 1.47. The van der Waals surface area contributed by atoms with Crippen LogP contribution in [-0.2, 0) is 0 Å². The van der Waals surface area contributed by atoms with Crippen LogP contribution in [-0.4, -0.2) is 41.3 Å². The SMILES string of the molecule is COc1cccc2sc(Nc3nnc(-c4ccc(OCCNC(=O)c5ccccc5)cc4)o3)nc12. The van der Waals surface area contributed by atoms with Crippen LogP contribution in [0.25, 0.3) is 21.7 Å². The third kappa shape index (κ3) is 5.22. The lowest BCUT2D eigenvalue weighted by Gasteiger charge is -2.08. The van der Waals surface area contributed by atoms with Crippen molar-refractivity contribution in [1.82, 2.24) is 20.5 Å². The molecule has 0 saturated carbocycles. The van der Waals surface area contributed by atoms with Gasteiger partial charge in [-0.15, -0.1) is 5.10 Å². The van der Waals surface area contributed by atoms with Gasteiger partial charge in [0.2, 0.25) is 5.89 Å². The molecule has 0 aliphatic rings. The second kappa shape index (κ2) is 10.2. The molecule has 0 saturated heterocycles. The predicted octanol–water partition coefficient (Wildman–Crippen LogP) is 4.91. The molecule has 1 amide bonds. The number of methoxy groups -OCH3 is 1. The molecule has 0 aliphatic heterocycles. The van der Waals surface area contributed by atoms with Gasteiger partial charge in [-0.3, -0.25) is 10.1 Å². The minimum absolute atomic E-state index is 0.129. The molecular formula is C25H21N5O4S. The van der Waals surface area contributed by atoms with E-state index in [1.165, 1.54) is 11.3 Å². The highest BCUT2D eigenvalue weighted by molar-refractivity contribution is 7.22. The largest absolute Gasteiger partial charge is 0.494 e. The summed E-state index contributed by atoms with van der Waals surface area (Å²) < 4.78 is 17.8. The van der Waals surface area contributed by atoms with Crippen LogP contribution in [0.3, 0.4) is 0 Å². The van der Waals surface area contributed by atoms with E-state index >= 15 is 0 Å². The number of benzene rings is 3. The van der Waals surface area contributed by atoms with Crippen molar-refractivity contribution in [2.75, 3.05) is 25.6 Å². The number of para-hydroxylation sites is 1. The minimum atomic E-state index is -0.129. The maximum Gasteiger partial charge on any atom is 0.322 e. The first-order chi connectivity index (χ1) is 17.2. The van der Waals surface area contributed by atoms with E-state index in [2.05, 4.69) is 25.8 Å². The Labute approximate surface area is 204 Å². The number of ether oxygens (including phenoxy) is 2. The highest BCUT2D eigenvalue weighted by Crippen LogP contribution is 2.33. The van der Waals surface area contributed by atoms with Gasteiger partial charge >= 0.3 is 6.01 Å². The Morgan fingerprint density at radius 2 is 1.83 bits per heavy atom. The van der Waals surface area contributed by atoms with Crippen molar-refractivity contribution in [2.24, 2.45) is 0 Å². The van der Waals surface area contributed by atoms with Crippen LogP contribution >= 0.6 is 11.3 Å². The first-order valence-corrected chi connectivity index (χ1v) is 11.6. The number of amides is 1. The number of hydrogen-bond acceptors (Lipinski definition) is 9. The molecule has 5 aromatic rings. The van der Waals surface area contributed by atoms with E-state index < -0.39 is 0 Å². The van der Waals surface area contributed by atoms with Gasteiger partial charge in [0.25, 0.3) is 5.91 Å². The van der Waals surface area contributed by atoms with Crippen LogP contribution in [0.2, 0.25) is 0 Å². The molecule has 5 rings (SSSR count). The Morgan fingerprint density at radius 3 is 2.63 bits per heavy atom. The summed E-state index contributed by atoms with van der Waals surface area (Å²) in [4.78, 5) is 16.6. The maximum absolute atomic E-state index is 12.0. The van der Waals surface area contributed by atoms with Crippen molar-refractivity contribution >= 4 is 38.6 Å². The van der Waals surface area contributed by atoms with E-state index in [1.54, 1.807) is 19.2 Å². The number of hydrogen-bond donors (Lipinski definition) is 2. The van der Waals surface area contributed by atoms with Gasteiger partial charge in [-0.25, -0.2) is 4.98 Å². The van der Waals surface area contributed by atoms with Crippen LogP contribution in [0.1, 0.15) is 10.4 Å². The zero-order valence-electron chi connectivity index (χ0n) is 18.7. The highest BCUT2D eigenvalue weighted by atomic mass is 32.1. The van der Waals surface area contributed by atoms with Crippen molar-refractivity contribution < 1.29 is 18.7 Å². The summed E-state index contributed by atoms with van der Waals surface area (Å²) in [6.07, 6.45) is 0. The molecule has 2 aromatic heterocycles. The number of aromatic nitrogens is 3. The summed E-state index contributed by atoms with van der Waals surface area (Å²) in [6, 6.07) is 22.3. The van der Waals surface area contributed by atoms with Gasteiger partial charge < -0.3 is 19.2 Å². The number of fused-ring (bicyclic) bond motifs is 1. The molecule has 0 unspecified atom stereocenters. The number of carbonyl (C=O) groups excluding carboxylic acids is 1. The Morgan fingerprint density at radius 1 is 1.00 bits per heavy atom. The number of nitrogens with zero attached hydrogens (tertiary/aromatic N) is 3. The van der Waals surface area contributed by atoms with Gasteiger partial charge in [0.15, 0.2) is 5.13 Å². The minimum Gasteiger partial charge on any atom is -0.494 e. The standard InChI is InChI=1S/C25H21N5O4S/c1-32-19-8-5-9-20-21(19)27-25(35-20)28-24-30-29-23(34-24)17-10-12-18(13-11-17)33-15-14-26-22(31)16-6-3-2-4-7-16/h2-13H,14-15H2,1H3,(H,26,31)(H,27,28,30). The Hall–Kier alpha value is -4.44. The average molecular weight is 488 g/mol. The number of thiazole rings is 1. The first-order valence-electron chi connectivity index (χ1n) is 10.8. The maximum atomic E-state index is 12.0. The van der Waals surface area contributed by atoms with Crippen LogP contribution < -0.4 is 20.1 Å². The van der Waals surface area contributed by atoms with Gasteiger partial charge in [0, 0.05) is 11.1 Å². The van der Waals surface area contributed by atoms with Crippen LogP contribution in [0.5, 0.6) is 11.5 Å². The number of nitrogens with one attached hydrogen (secondary N) is 2. The zero-order valence-corrected chi connectivity index (χ0v) is 19.5. The summed E-state index contributed by atoms with van der Waals surface area (Å²) in [5.74, 6) is 1.62. The molecule has 176 valence electrons. The van der Waals surface area contributed by atoms with Gasteiger partial charge in [0.1, 0.15) is 23.6 Å². The van der Waals surface area contributed by atoms with Crippen LogP contribution in [0, 0.1) is 0 Å². The van der Waals surface area contributed by atoms with E-state index in [0.29, 0.717) is 41.2 Å². The molecule has 2 N–H and O–H groups in total. The Bertz CT molecular complexity index is 1430. The van der Waals surface area contributed by atoms with Crippen molar-refractivity contribution in [3.63, 3.8) is 0 Å². The van der Waals surface area contributed by atoms with Crippen LogP contribution in [0.15, 0.2) is 77.2 Å². The Balaban J connectivity index is 1.15. The second-order valence-corrected chi connectivity index (χ2v) is 8.39. The molecule has 35 heavy (non-hydrogen) atoms. The van der Waals surface area contributed by atoms with E-state index in [1.807, 2.05) is 60.7 Å². The third-order valence-electron chi connectivity index (χ3n) is 5.03. The summed E-state index contributed by atoms with van der Waals surface area (Å²) in [5, 5.41) is 14.7. The molecule has 0 spiro atoms. The quantitative estimate of drug-likeness (QED) is 0.282. The first kappa shape index (κ1) is 22.4. The summed E-state index contributed by atoms with van der Waals surface area (Å²) in [6.45, 7) is 0.741. The molecule has 0 fully saturated rings. The zero-order chi connectivity index (χ0) is 24.0. The topological polar surface area (TPSA) is 111 Å². The predicted molar refractivity (Wildman–Crippen MR) is 133 cm³/mol. The van der Waals surface area contributed by atoms with E-state index in [-0.39, 0.29) is 11.9 Å². The molecule has 3 aromatic carbocycles. The second-order valence-electron chi connectivity index (χ2n) is 7.36. The number of anilines is 2. The molecule has 0 bridgehead atoms. The monoisotopic (exact) mass is 487 g/mol. The van der Waals surface area contributed by atoms with Gasteiger partial charge in [-0.2, -0.15) is 0 Å². The molecule has 0 radical (unpaired) electrons. The summed E-state index contributed by atoms with van der Waals surface area (Å²) in [7, 11) is 1.62. The molecule has 10 heteroatoms. The lowest BCUT2D eigenvalue weighted by Crippen LogP contribution is -2.27. The van der Waals surface area contributed by atoms with E-state index in [4.69, 9.17) is 13.9 Å². The normalized spacial score (nSPS) is 10.8. The van der Waals surface area contributed by atoms with E-state index in [9.17, 15) is 4.79 Å². The van der Waals surface area contributed by atoms with Gasteiger partial charge in [-0.05, 0) is 48.5 Å². The molecule has 2 heterocycles. The highest BCUT2D eigenvalue weighted by Gasteiger charge is 2.13. The molecule has 0 aliphatic carbocycles. The van der Waals surface area contributed by atoms with Crippen molar-refractivity contribution in [1.29, 1.82) is 0 Å². The van der Waals surface area contributed by atoms with Gasteiger partial charge in [0.05, 0.1) is 18.4 Å². The lowest BCUT2D eigenvalue weighted by molar-refractivity contribution is 0.0947. The Kier molecular flexibility index (Phi) is 6.53. The van der Waals surface area contributed by atoms with Crippen molar-refractivity contribution in [3.05, 3.63) is 78.4 Å². The molecule has 0 atom stereocenters. The van der Waals surface area contributed by atoms with E-state index in [0.717, 1.165) is 15.8 Å².